The van der Waals surface area contributed by atoms with Crippen molar-refractivity contribution in [2.75, 3.05) is 0 Å². The number of thioether (sulfide) groups is 1. The van der Waals surface area contributed by atoms with Crippen molar-refractivity contribution >= 4 is 34.6 Å². The Labute approximate surface area is 189 Å². The van der Waals surface area contributed by atoms with Gasteiger partial charge in [0.15, 0.2) is 5.17 Å². The fraction of sp³-hybridized carbons (Fsp3) is 0.385. The number of hydrogen-bond acceptors (Lipinski definition) is 4. The van der Waals surface area contributed by atoms with Crippen LogP contribution < -0.4 is 5.32 Å². The fourth-order valence-electron chi connectivity index (χ4n) is 3.48. The molecule has 0 aromatic heterocycles. The van der Waals surface area contributed by atoms with Crippen LogP contribution in [-0.2, 0) is 15.6 Å². The van der Waals surface area contributed by atoms with Gasteiger partial charge in [0.05, 0.1) is 10.6 Å². The summed E-state index contributed by atoms with van der Waals surface area (Å²) >= 11 is 1.34. The molecule has 0 bridgehead atoms. The molecule has 0 radical (unpaired) electrons. The molecule has 1 fully saturated rings. The number of amidine groups is 1. The summed E-state index contributed by atoms with van der Waals surface area (Å²) in [5.74, 6) is 0.180. The maximum atomic E-state index is 12.6. The van der Waals surface area contributed by atoms with Gasteiger partial charge in [-0.2, -0.15) is 0 Å². The van der Waals surface area contributed by atoms with E-state index >= 15 is 0 Å². The fourth-order valence-corrected chi connectivity index (χ4v) is 4.32. The van der Waals surface area contributed by atoms with Gasteiger partial charge in [0, 0.05) is 11.1 Å². The Balaban J connectivity index is 2.03. The largest absolute Gasteiger partial charge is 0.507 e. The summed E-state index contributed by atoms with van der Waals surface area (Å²) in [7, 11) is 0. The molecule has 1 heterocycles. The molecule has 2 aromatic rings. The number of phenolic OH excluding ortho intramolecular Hbond substituents is 1. The highest BCUT2D eigenvalue weighted by Gasteiger charge is 2.28. The summed E-state index contributed by atoms with van der Waals surface area (Å²) in [6, 6.07) is 9.93. The standard InChI is InChI=1S/C26H32N2O2S/c1-15-10-9-11-20(16(15)2)27-24-28-23(30)21(31-24)14-17-12-18(25(3,4)5)22(29)19(13-17)26(6,7)8/h9-14,29H,1-8H3,(H,27,28,30)/b21-14-. The van der Waals surface area contributed by atoms with Gasteiger partial charge in [0.1, 0.15) is 5.75 Å². The summed E-state index contributed by atoms with van der Waals surface area (Å²) in [5.41, 5.74) is 5.33. The molecule has 1 aliphatic rings. The van der Waals surface area contributed by atoms with E-state index < -0.39 is 0 Å². The predicted molar refractivity (Wildman–Crippen MR) is 132 cm³/mol. The van der Waals surface area contributed by atoms with Gasteiger partial charge < -0.3 is 10.4 Å². The zero-order valence-corrected chi connectivity index (χ0v) is 20.5. The van der Waals surface area contributed by atoms with Crippen LogP contribution in [0.2, 0.25) is 0 Å². The zero-order chi connectivity index (χ0) is 23.1. The third kappa shape index (κ3) is 5.04. The van der Waals surface area contributed by atoms with Crippen molar-refractivity contribution in [2.45, 2.75) is 66.2 Å². The van der Waals surface area contributed by atoms with E-state index in [9.17, 15) is 9.90 Å². The first-order chi connectivity index (χ1) is 14.3. The lowest BCUT2D eigenvalue weighted by Gasteiger charge is -2.28. The van der Waals surface area contributed by atoms with Gasteiger partial charge in [0.25, 0.3) is 5.91 Å². The Hall–Kier alpha value is -2.53. The van der Waals surface area contributed by atoms with E-state index in [-0.39, 0.29) is 16.7 Å². The number of nitrogens with one attached hydrogen (secondary N) is 1. The molecule has 0 unspecified atom stereocenters. The molecule has 1 aliphatic heterocycles. The second kappa shape index (κ2) is 8.19. The molecule has 2 aromatic carbocycles. The first-order valence-electron chi connectivity index (χ1n) is 10.5. The molecule has 0 saturated carbocycles. The number of hydrogen-bond donors (Lipinski definition) is 2. The SMILES string of the molecule is Cc1cccc(N=C2NC(=O)/C(=C/c3cc(C(C)(C)C)c(O)c(C(C)(C)C)c3)S2)c1C. The zero-order valence-electron chi connectivity index (χ0n) is 19.7. The molecule has 0 atom stereocenters. The topological polar surface area (TPSA) is 61.7 Å². The van der Waals surface area contributed by atoms with Crippen molar-refractivity contribution < 1.29 is 9.90 Å². The molecule has 4 nitrogen and oxygen atoms in total. The van der Waals surface area contributed by atoms with Gasteiger partial charge in [0.2, 0.25) is 0 Å². The highest BCUT2D eigenvalue weighted by molar-refractivity contribution is 8.18. The molecular weight excluding hydrogens is 404 g/mol. The van der Waals surface area contributed by atoms with E-state index in [0.29, 0.717) is 15.8 Å². The highest BCUT2D eigenvalue weighted by Crippen LogP contribution is 2.41. The number of benzene rings is 2. The summed E-state index contributed by atoms with van der Waals surface area (Å²) in [4.78, 5) is 17.9. The number of rotatable bonds is 2. The molecule has 0 spiro atoms. The summed E-state index contributed by atoms with van der Waals surface area (Å²) < 4.78 is 0. The Morgan fingerprint density at radius 2 is 1.58 bits per heavy atom. The Kier molecular flexibility index (Phi) is 6.12. The monoisotopic (exact) mass is 436 g/mol. The lowest BCUT2D eigenvalue weighted by molar-refractivity contribution is -0.115. The Morgan fingerprint density at radius 3 is 2.13 bits per heavy atom. The minimum atomic E-state index is -0.223. The smallest absolute Gasteiger partial charge is 0.264 e. The van der Waals surface area contributed by atoms with Crippen LogP contribution in [0.4, 0.5) is 5.69 Å². The number of carbonyl (C=O) groups excluding carboxylic acids is 1. The van der Waals surface area contributed by atoms with Crippen molar-refractivity contribution in [1.29, 1.82) is 0 Å². The third-order valence-electron chi connectivity index (χ3n) is 5.49. The Bertz CT molecular complexity index is 1060. The first-order valence-corrected chi connectivity index (χ1v) is 11.3. The second-order valence-corrected chi connectivity index (χ2v) is 11.2. The molecule has 1 amide bonds. The van der Waals surface area contributed by atoms with Gasteiger partial charge in [-0.15, -0.1) is 0 Å². The molecule has 3 rings (SSSR count). The summed E-state index contributed by atoms with van der Waals surface area (Å²) in [5, 5.41) is 14.4. The third-order valence-corrected chi connectivity index (χ3v) is 6.40. The van der Waals surface area contributed by atoms with Crippen molar-refractivity contribution in [2.24, 2.45) is 4.99 Å². The maximum absolute atomic E-state index is 12.6. The molecule has 5 heteroatoms. The summed E-state index contributed by atoms with van der Waals surface area (Å²) in [6.45, 7) is 16.6. The number of carbonyl (C=O) groups is 1. The van der Waals surface area contributed by atoms with E-state index in [1.165, 1.54) is 17.3 Å². The van der Waals surface area contributed by atoms with Gasteiger partial charge in [-0.05, 0) is 77.4 Å². The molecule has 31 heavy (non-hydrogen) atoms. The minimum absolute atomic E-state index is 0.156. The number of aryl methyl sites for hydroxylation is 1. The van der Waals surface area contributed by atoms with Crippen LogP contribution in [0.3, 0.4) is 0 Å². The highest BCUT2D eigenvalue weighted by atomic mass is 32.2. The van der Waals surface area contributed by atoms with Crippen LogP contribution in [0.25, 0.3) is 6.08 Å². The van der Waals surface area contributed by atoms with Crippen LogP contribution in [0.1, 0.15) is 69.4 Å². The van der Waals surface area contributed by atoms with Crippen molar-refractivity contribution in [3.8, 4) is 5.75 Å². The predicted octanol–water partition coefficient (Wildman–Crippen LogP) is 6.50. The van der Waals surface area contributed by atoms with Crippen LogP contribution in [-0.4, -0.2) is 16.2 Å². The molecular formula is C26H32N2O2S. The average Bonchev–Trinajstić information content (AvgIpc) is 2.97. The van der Waals surface area contributed by atoms with E-state index in [2.05, 4.69) is 64.8 Å². The van der Waals surface area contributed by atoms with E-state index in [1.807, 2.05) is 37.3 Å². The van der Waals surface area contributed by atoms with Crippen molar-refractivity contribution in [1.82, 2.24) is 5.32 Å². The number of nitrogens with zero attached hydrogens (tertiary/aromatic N) is 1. The first kappa shape index (κ1) is 23.1. The molecule has 0 aliphatic carbocycles. The van der Waals surface area contributed by atoms with Gasteiger partial charge >= 0.3 is 0 Å². The lowest BCUT2D eigenvalue weighted by atomic mass is 9.78. The molecule has 2 N–H and O–H groups in total. The second-order valence-electron chi connectivity index (χ2n) is 10.2. The van der Waals surface area contributed by atoms with Gasteiger partial charge in [-0.25, -0.2) is 4.99 Å². The van der Waals surface area contributed by atoms with E-state index in [1.54, 1.807) is 0 Å². The van der Waals surface area contributed by atoms with Crippen LogP contribution in [0.15, 0.2) is 40.2 Å². The average molecular weight is 437 g/mol. The number of amides is 1. The Morgan fingerprint density at radius 1 is 1.00 bits per heavy atom. The maximum Gasteiger partial charge on any atom is 0.264 e. The van der Waals surface area contributed by atoms with Crippen LogP contribution in [0.5, 0.6) is 5.75 Å². The number of aromatic hydroxyl groups is 1. The summed E-state index contributed by atoms with van der Waals surface area (Å²) in [6.07, 6.45) is 1.88. The van der Waals surface area contributed by atoms with Crippen molar-refractivity contribution in [3.63, 3.8) is 0 Å². The van der Waals surface area contributed by atoms with Gasteiger partial charge in [-0.3, -0.25) is 4.79 Å². The lowest BCUT2D eigenvalue weighted by Crippen LogP contribution is -2.19. The normalized spacial score (nSPS) is 17.5. The number of aliphatic imine (C=N–C) groups is 1. The minimum Gasteiger partial charge on any atom is -0.507 e. The van der Waals surface area contributed by atoms with E-state index in [0.717, 1.165) is 27.9 Å². The van der Waals surface area contributed by atoms with E-state index in [4.69, 9.17) is 0 Å². The van der Waals surface area contributed by atoms with Crippen LogP contribution in [0, 0.1) is 13.8 Å². The quantitative estimate of drug-likeness (QED) is 0.529. The van der Waals surface area contributed by atoms with Crippen molar-refractivity contribution in [3.05, 3.63) is 63.1 Å². The number of phenols is 1. The molecule has 164 valence electrons. The molecule has 1 saturated heterocycles. The van der Waals surface area contributed by atoms with Crippen LogP contribution >= 0.6 is 11.8 Å². The van der Waals surface area contributed by atoms with Gasteiger partial charge in [-0.1, -0.05) is 53.7 Å².